The van der Waals surface area contributed by atoms with E-state index in [0.29, 0.717) is 0 Å². The highest BCUT2D eigenvalue weighted by Gasteiger charge is 2.16. The molecule has 5 nitrogen and oxygen atoms in total. The highest BCUT2D eigenvalue weighted by Crippen LogP contribution is 1.98. The molecule has 60 valence electrons. The lowest BCUT2D eigenvalue weighted by Gasteiger charge is -1.95. The van der Waals surface area contributed by atoms with Crippen LogP contribution in [0.5, 0.6) is 0 Å². The summed E-state index contributed by atoms with van der Waals surface area (Å²) in [6.07, 6.45) is 0. The van der Waals surface area contributed by atoms with Crippen molar-refractivity contribution in [1.29, 1.82) is 0 Å². The molecule has 0 aromatic carbocycles. The molecular weight excluding hydrogens is 146 g/mol. The first kappa shape index (κ1) is 7.71. The predicted molar refractivity (Wildman–Crippen MR) is 38.4 cm³/mol. The average Bonchev–Trinajstić information content (AvgIpc) is 2.33. The van der Waals surface area contributed by atoms with E-state index in [1.165, 1.54) is 0 Å². The number of hydrogen-bond donors (Lipinski definition) is 2. The van der Waals surface area contributed by atoms with Crippen molar-refractivity contribution < 1.29 is 4.79 Å². The van der Waals surface area contributed by atoms with E-state index in [4.69, 9.17) is 0 Å². The van der Waals surface area contributed by atoms with Crippen molar-refractivity contribution in [2.24, 2.45) is 5.92 Å². The van der Waals surface area contributed by atoms with E-state index in [2.05, 4.69) is 15.4 Å². The first-order valence-corrected chi connectivity index (χ1v) is 3.30. The minimum absolute atomic E-state index is 0.0417. The third-order valence-corrected chi connectivity index (χ3v) is 1.31. The molecular formula is C6H9N3O2. The minimum Gasteiger partial charge on any atom is -0.292 e. The monoisotopic (exact) mass is 155 g/mol. The van der Waals surface area contributed by atoms with Gasteiger partial charge in [0.2, 0.25) is 0 Å². The van der Waals surface area contributed by atoms with Crippen LogP contribution >= 0.6 is 0 Å². The van der Waals surface area contributed by atoms with Crippen LogP contribution in [0.1, 0.15) is 24.3 Å². The van der Waals surface area contributed by atoms with Gasteiger partial charge in [0, 0.05) is 5.92 Å². The number of rotatable bonds is 2. The lowest BCUT2D eigenvalue weighted by Crippen LogP contribution is -2.17. The van der Waals surface area contributed by atoms with Crippen LogP contribution in [-0.4, -0.2) is 21.2 Å². The first-order valence-electron chi connectivity index (χ1n) is 3.30. The van der Waals surface area contributed by atoms with E-state index >= 15 is 0 Å². The Kier molecular flexibility index (Phi) is 1.89. The second-order valence-corrected chi connectivity index (χ2v) is 2.55. The van der Waals surface area contributed by atoms with Gasteiger partial charge in [0.05, 0.1) is 0 Å². The maximum atomic E-state index is 11.1. The van der Waals surface area contributed by atoms with E-state index < -0.39 is 5.56 Å². The van der Waals surface area contributed by atoms with Gasteiger partial charge in [0.1, 0.15) is 0 Å². The number of H-pyrrole nitrogens is 2. The Balaban J connectivity index is 3.03. The second kappa shape index (κ2) is 2.69. The van der Waals surface area contributed by atoms with Crippen LogP contribution in [0.3, 0.4) is 0 Å². The number of carbonyl (C=O) groups excluding carboxylic acids is 1. The molecule has 11 heavy (non-hydrogen) atoms. The molecule has 5 heteroatoms. The van der Waals surface area contributed by atoms with Crippen LogP contribution in [0, 0.1) is 5.92 Å². The number of hydrogen-bond acceptors (Lipinski definition) is 3. The molecule has 1 heterocycles. The summed E-state index contributed by atoms with van der Waals surface area (Å²) in [6.45, 7) is 3.44. The molecule has 0 radical (unpaired) electrons. The normalized spacial score (nSPS) is 10.5. The lowest BCUT2D eigenvalue weighted by atomic mass is 10.1. The van der Waals surface area contributed by atoms with Gasteiger partial charge in [0.25, 0.3) is 5.56 Å². The van der Waals surface area contributed by atoms with Gasteiger partial charge in [-0.3, -0.25) is 9.59 Å². The molecule has 0 unspecified atom stereocenters. The molecule has 0 spiro atoms. The minimum atomic E-state index is -0.455. The number of nitrogens with one attached hydrogen (secondary N) is 2. The summed E-state index contributed by atoms with van der Waals surface area (Å²) >= 11 is 0. The molecule has 1 rings (SSSR count). The zero-order valence-electron chi connectivity index (χ0n) is 6.34. The molecule has 1 aromatic rings. The Labute approximate surface area is 62.8 Å². The van der Waals surface area contributed by atoms with Gasteiger partial charge in [-0.1, -0.05) is 13.8 Å². The number of aromatic amines is 2. The van der Waals surface area contributed by atoms with Gasteiger partial charge < -0.3 is 0 Å². The molecule has 2 N–H and O–H groups in total. The van der Waals surface area contributed by atoms with Crippen molar-refractivity contribution >= 4 is 5.78 Å². The van der Waals surface area contributed by atoms with E-state index in [1.54, 1.807) is 13.8 Å². The van der Waals surface area contributed by atoms with Gasteiger partial charge >= 0.3 is 0 Å². The number of carbonyl (C=O) groups is 1. The number of ketones is 1. The number of nitrogens with zero attached hydrogens (tertiary/aromatic N) is 1. The van der Waals surface area contributed by atoms with Gasteiger partial charge in [-0.2, -0.15) is 5.10 Å². The predicted octanol–water partition coefficient (Wildman–Crippen LogP) is -0.0633. The highest BCUT2D eigenvalue weighted by molar-refractivity contribution is 5.95. The van der Waals surface area contributed by atoms with Crippen molar-refractivity contribution in [3.63, 3.8) is 0 Å². The molecule has 1 aromatic heterocycles. The maximum absolute atomic E-state index is 11.1. The molecule has 0 amide bonds. The van der Waals surface area contributed by atoms with E-state index in [0.717, 1.165) is 0 Å². The van der Waals surface area contributed by atoms with Gasteiger partial charge in [-0.15, -0.1) is 0 Å². The van der Waals surface area contributed by atoms with Crippen molar-refractivity contribution in [2.75, 3.05) is 0 Å². The zero-order valence-corrected chi connectivity index (χ0v) is 6.34. The first-order chi connectivity index (χ1) is 5.13. The summed E-state index contributed by atoms with van der Waals surface area (Å²) in [4.78, 5) is 21.9. The van der Waals surface area contributed by atoms with Gasteiger partial charge in [-0.25, -0.2) is 10.3 Å². The molecule has 0 fully saturated rings. The molecule has 0 bridgehead atoms. The Morgan fingerprint density at radius 3 is 2.55 bits per heavy atom. The van der Waals surface area contributed by atoms with Crippen LogP contribution in [0.15, 0.2) is 4.79 Å². The smallest absolute Gasteiger partial charge is 0.292 e. The van der Waals surface area contributed by atoms with Crippen molar-refractivity contribution in [3.8, 4) is 0 Å². The second-order valence-electron chi connectivity index (χ2n) is 2.55. The fraction of sp³-hybridized carbons (Fsp3) is 0.500. The highest BCUT2D eigenvalue weighted by atomic mass is 16.2. The maximum Gasteiger partial charge on any atom is 0.295 e. The third-order valence-electron chi connectivity index (χ3n) is 1.31. The molecule has 0 saturated heterocycles. The standard InChI is InChI=1S/C6H9N3O2/c1-3(2)5(10)4-6(11)8-9-7-4/h3H,1-2H3,(H2,7,8,9,11). The van der Waals surface area contributed by atoms with Crippen LogP contribution in [0.4, 0.5) is 0 Å². The Hall–Kier alpha value is -1.39. The summed E-state index contributed by atoms with van der Waals surface area (Å²) in [5.74, 6) is -0.438. The van der Waals surface area contributed by atoms with E-state index in [-0.39, 0.29) is 17.4 Å². The summed E-state index contributed by atoms with van der Waals surface area (Å²) in [7, 11) is 0. The largest absolute Gasteiger partial charge is 0.295 e. The fourth-order valence-electron chi connectivity index (χ4n) is 0.685. The number of aromatic nitrogens is 3. The Bertz CT molecular complexity index is 310. The molecule has 0 aliphatic heterocycles. The summed E-state index contributed by atoms with van der Waals surface area (Å²) in [5.41, 5.74) is -0.497. The van der Waals surface area contributed by atoms with Crippen LogP contribution in [0.2, 0.25) is 0 Å². The Morgan fingerprint density at radius 1 is 1.55 bits per heavy atom. The summed E-state index contributed by atoms with van der Waals surface area (Å²) < 4.78 is 0. The molecule has 0 aliphatic rings. The van der Waals surface area contributed by atoms with Crippen molar-refractivity contribution in [1.82, 2.24) is 15.4 Å². The number of Topliss-reactive ketones (excluding diaryl/α,β-unsaturated/α-hetero) is 1. The average molecular weight is 155 g/mol. The molecule has 0 saturated carbocycles. The van der Waals surface area contributed by atoms with Crippen molar-refractivity contribution in [2.45, 2.75) is 13.8 Å². The van der Waals surface area contributed by atoms with E-state index in [1.807, 2.05) is 0 Å². The quantitative estimate of drug-likeness (QED) is 0.587. The fourth-order valence-corrected chi connectivity index (χ4v) is 0.685. The lowest BCUT2D eigenvalue weighted by molar-refractivity contribution is 0.0933. The molecule has 0 aliphatic carbocycles. The van der Waals surface area contributed by atoms with Crippen LogP contribution in [-0.2, 0) is 0 Å². The van der Waals surface area contributed by atoms with Crippen molar-refractivity contribution in [3.05, 3.63) is 16.0 Å². The third kappa shape index (κ3) is 1.36. The SMILES string of the molecule is CC(C)C(=O)c1n[nH][nH]c1=O. The summed E-state index contributed by atoms with van der Waals surface area (Å²) in [6, 6.07) is 0. The van der Waals surface area contributed by atoms with Crippen LogP contribution < -0.4 is 5.56 Å². The summed E-state index contributed by atoms with van der Waals surface area (Å²) in [5, 5.41) is 7.91. The van der Waals surface area contributed by atoms with E-state index in [9.17, 15) is 9.59 Å². The topological polar surface area (TPSA) is 78.6 Å². The van der Waals surface area contributed by atoms with Gasteiger partial charge in [-0.05, 0) is 0 Å². The van der Waals surface area contributed by atoms with Gasteiger partial charge in [0.15, 0.2) is 11.5 Å². The molecule has 0 atom stereocenters. The van der Waals surface area contributed by atoms with Crippen LogP contribution in [0.25, 0.3) is 0 Å². The zero-order chi connectivity index (χ0) is 8.43. The Morgan fingerprint density at radius 2 is 2.18 bits per heavy atom.